The van der Waals surface area contributed by atoms with Crippen molar-refractivity contribution in [3.05, 3.63) is 22.7 Å². The van der Waals surface area contributed by atoms with Gasteiger partial charge in [-0.2, -0.15) is 11.8 Å². The fourth-order valence-corrected chi connectivity index (χ4v) is 2.25. The SMILES string of the molecule is CSCC(C)CNc1nccn(C(C)C)c1=O. The number of thioether (sulfide) groups is 1. The summed E-state index contributed by atoms with van der Waals surface area (Å²) in [6, 6.07) is 0.162. The van der Waals surface area contributed by atoms with E-state index in [1.54, 1.807) is 17.0 Å². The first-order chi connectivity index (χ1) is 8.06. The van der Waals surface area contributed by atoms with Gasteiger partial charge in [-0.25, -0.2) is 4.98 Å². The van der Waals surface area contributed by atoms with Gasteiger partial charge in [0.25, 0.3) is 5.56 Å². The van der Waals surface area contributed by atoms with Gasteiger partial charge in [0.2, 0.25) is 0 Å². The molecule has 1 atom stereocenters. The van der Waals surface area contributed by atoms with E-state index in [2.05, 4.69) is 23.5 Å². The normalized spacial score (nSPS) is 12.8. The average molecular weight is 255 g/mol. The maximum absolute atomic E-state index is 12.0. The Morgan fingerprint density at radius 3 is 2.76 bits per heavy atom. The highest BCUT2D eigenvalue weighted by atomic mass is 32.2. The molecule has 0 aliphatic carbocycles. The van der Waals surface area contributed by atoms with Gasteiger partial charge in [0.1, 0.15) is 0 Å². The maximum atomic E-state index is 12.0. The molecule has 0 aromatic carbocycles. The lowest BCUT2D eigenvalue weighted by molar-refractivity contribution is 0.574. The minimum absolute atomic E-state index is 0.0427. The first kappa shape index (κ1) is 14.1. The van der Waals surface area contributed by atoms with Crippen LogP contribution in [-0.4, -0.2) is 28.1 Å². The Hall–Kier alpha value is -0.970. The van der Waals surface area contributed by atoms with E-state index in [1.165, 1.54) is 0 Å². The number of hydrogen-bond donors (Lipinski definition) is 1. The van der Waals surface area contributed by atoms with Gasteiger partial charge in [0.15, 0.2) is 5.82 Å². The minimum Gasteiger partial charge on any atom is -0.365 e. The average Bonchev–Trinajstić information content (AvgIpc) is 2.27. The van der Waals surface area contributed by atoms with E-state index in [9.17, 15) is 4.79 Å². The molecular weight excluding hydrogens is 234 g/mol. The Kier molecular flexibility index (Phi) is 5.55. The van der Waals surface area contributed by atoms with Gasteiger partial charge in [0.05, 0.1) is 0 Å². The van der Waals surface area contributed by atoms with Crippen molar-refractivity contribution in [3.63, 3.8) is 0 Å². The summed E-state index contributed by atoms with van der Waals surface area (Å²) >= 11 is 1.81. The molecule has 0 bridgehead atoms. The molecule has 17 heavy (non-hydrogen) atoms. The third-order valence-electron chi connectivity index (χ3n) is 2.49. The predicted octanol–water partition coefficient (Wildman–Crippen LogP) is 2.24. The molecule has 4 nitrogen and oxygen atoms in total. The summed E-state index contributed by atoms with van der Waals surface area (Å²) in [7, 11) is 0. The van der Waals surface area contributed by atoms with Crippen molar-refractivity contribution >= 4 is 17.6 Å². The van der Waals surface area contributed by atoms with E-state index in [1.807, 2.05) is 25.6 Å². The van der Waals surface area contributed by atoms with E-state index < -0.39 is 0 Å². The number of hydrogen-bond acceptors (Lipinski definition) is 4. The Morgan fingerprint density at radius 2 is 2.18 bits per heavy atom. The van der Waals surface area contributed by atoms with E-state index in [-0.39, 0.29) is 11.6 Å². The fraction of sp³-hybridized carbons (Fsp3) is 0.667. The molecule has 5 heteroatoms. The molecule has 0 fully saturated rings. The van der Waals surface area contributed by atoms with Crippen LogP contribution < -0.4 is 10.9 Å². The quantitative estimate of drug-likeness (QED) is 0.847. The van der Waals surface area contributed by atoms with Crippen LogP contribution in [0.1, 0.15) is 26.8 Å². The molecule has 0 radical (unpaired) electrons. The Bertz CT molecular complexity index is 403. The molecular formula is C12H21N3OS. The first-order valence-electron chi connectivity index (χ1n) is 5.86. The molecule has 0 saturated carbocycles. The van der Waals surface area contributed by atoms with Crippen molar-refractivity contribution in [2.45, 2.75) is 26.8 Å². The summed E-state index contributed by atoms with van der Waals surface area (Å²) in [5.74, 6) is 2.06. The van der Waals surface area contributed by atoms with Crippen LogP contribution in [0.5, 0.6) is 0 Å². The lowest BCUT2D eigenvalue weighted by atomic mass is 10.2. The molecule has 96 valence electrons. The summed E-state index contributed by atoms with van der Waals surface area (Å²) in [6.45, 7) is 6.92. The second-order valence-corrected chi connectivity index (χ2v) is 5.43. The molecule has 1 rings (SSSR count). The van der Waals surface area contributed by atoms with Crippen molar-refractivity contribution in [2.75, 3.05) is 23.9 Å². The molecule has 0 spiro atoms. The highest BCUT2D eigenvalue weighted by Gasteiger charge is 2.08. The van der Waals surface area contributed by atoms with Crippen molar-refractivity contribution in [1.29, 1.82) is 0 Å². The molecule has 0 aliphatic heterocycles. The van der Waals surface area contributed by atoms with Crippen LogP contribution in [0.2, 0.25) is 0 Å². The summed E-state index contributed by atoms with van der Waals surface area (Å²) in [6.07, 6.45) is 5.48. The van der Waals surface area contributed by atoms with Crippen LogP contribution in [0, 0.1) is 5.92 Å². The lowest BCUT2D eigenvalue weighted by Crippen LogP contribution is -2.27. The number of nitrogens with one attached hydrogen (secondary N) is 1. The van der Waals surface area contributed by atoms with Gasteiger partial charge in [-0.3, -0.25) is 4.79 Å². The molecule has 0 saturated heterocycles. The van der Waals surface area contributed by atoms with E-state index in [0.29, 0.717) is 11.7 Å². The minimum atomic E-state index is -0.0427. The number of nitrogens with zero attached hydrogens (tertiary/aromatic N) is 2. The van der Waals surface area contributed by atoms with E-state index >= 15 is 0 Å². The largest absolute Gasteiger partial charge is 0.365 e. The van der Waals surface area contributed by atoms with Gasteiger partial charge in [-0.1, -0.05) is 6.92 Å². The molecule has 1 N–H and O–H groups in total. The van der Waals surface area contributed by atoms with Gasteiger partial charge in [-0.05, 0) is 31.8 Å². The first-order valence-corrected chi connectivity index (χ1v) is 7.25. The standard InChI is InChI=1S/C12H21N3OS/c1-9(2)15-6-5-13-11(12(15)16)14-7-10(3)8-17-4/h5-6,9-10H,7-8H2,1-4H3,(H,13,14). The summed E-state index contributed by atoms with van der Waals surface area (Å²) in [5.41, 5.74) is -0.0427. The Balaban J connectivity index is 2.72. The van der Waals surface area contributed by atoms with Crippen molar-refractivity contribution in [1.82, 2.24) is 9.55 Å². The molecule has 0 amide bonds. The van der Waals surface area contributed by atoms with E-state index in [4.69, 9.17) is 0 Å². The fourth-order valence-electron chi connectivity index (χ4n) is 1.57. The van der Waals surface area contributed by atoms with Crippen molar-refractivity contribution in [3.8, 4) is 0 Å². The zero-order valence-corrected chi connectivity index (χ0v) is 11.8. The Labute approximate surface area is 107 Å². The highest BCUT2D eigenvalue weighted by Crippen LogP contribution is 2.06. The monoisotopic (exact) mass is 255 g/mol. The zero-order valence-electron chi connectivity index (χ0n) is 10.9. The molecule has 1 unspecified atom stereocenters. The van der Waals surface area contributed by atoms with E-state index in [0.717, 1.165) is 12.3 Å². The Morgan fingerprint density at radius 1 is 1.47 bits per heavy atom. The summed E-state index contributed by atoms with van der Waals surface area (Å²) < 4.78 is 1.69. The number of rotatable bonds is 6. The maximum Gasteiger partial charge on any atom is 0.293 e. The van der Waals surface area contributed by atoms with Crippen molar-refractivity contribution in [2.24, 2.45) is 5.92 Å². The van der Waals surface area contributed by atoms with Crippen LogP contribution in [-0.2, 0) is 0 Å². The molecule has 0 aliphatic rings. The van der Waals surface area contributed by atoms with Crippen LogP contribution in [0.3, 0.4) is 0 Å². The van der Waals surface area contributed by atoms with Gasteiger partial charge >= 0.3 is 0 Å². The summed E-state index contributed by atoms with van der Waals surface area (Å²) in [5, 5.41) is 3.14. The third-order valence-corrected chi connectivity index (χ3v) is 3.40. The van der Waals surface area contributed by atoms with Gasteiger partial charge in [0, 0.05) is 25.0 Å². The van der Waals surface area contributed by atoms with Crippen LogP contribution in [0.25, 0.3) is 0 Å². The molecule has 1 heterocycles. The second kappa shape index (κ2) is 6.69. The predicted molar refractivity (Wildman–Crippen MR) is 74.9 cm³/mol. The topological polar surface area (TPSA) is 46.9 Å². The van der Waals surface area contributed by atoms with Gasteiger partial charge < -0.3 is 9.88 Å². The van der Waals surface area contributed by atoms with Crippen molar-refractivity contribution < 1.29 is 0 Å². The second-order valence-electron chi connectivity index (χ2n) is 4.52. The number of aromatic nitrogens is 2. The third kappa shape index (κ3) is 4.07. The molecule has 1 aromatic heterocycles. The van der Waals surface area contributed by atoms with Crippen LogP contribution in [0.15, 0.2) is 17.2 Å². The van der Waals surface area contributed by atoms with Gasteiger partial charge in [-0.15, -0.1) is 0 Å². The smallest absolute Gasteiger partial charge is 0.293 e. The zero-order chi connectivity index (χ0) is 12.8. The van der Waals surface area contributed by atoms with Crippen LogP contribution in [0.4, 0.5) is 5.82 Å². The highest BCUT2D eigenvalue weighted by molar-refractivity contribution is 7.98. The molecule has 1 aromatic rings. The number of anilines is 1. The summed E-state index contributed by atoms with van der Waals surface area (Å²) in [4.78, 5) is 16.1. The lowest BCUT2D eigenvalue weighted by Gasteiger charge is -2.14. The van der Waals surface area contributed by atoms with Crippen LogP contribution >= 0.6 is 11.8 Å².